The van der Waals surface area contributed by atoms with Gasteiger partial charge in [0.15, 0.2) is 11.5 Å². The molecule has 0 bridgehead atoms. The Morgan fingerprint density at radius 2 is 2.15 bits per heavy atom. The molecule has 0 spiro atoms. The van der Waals surface area contributed by atoms with Crippen LogP contribution in [0.25, 0.3) is 5.76 Å². The maximum Gasteiger partial charge on any atom is 0.161 e. The van der Waals surface area contributed by atoms with Gasteiger partial charge in [0.25, 0.3) is 0 Å². The van der Waals surface area contributed by atoms with Gasteiger partial charge in [0.1, 0.15) is 5.76 Å². The predicted octanol–water partition coefficient (Wildman–Crippen LogP) is 2.32. The molecular weight excluding hydrogens is 168 g/mol. The second kappa shape index (κ2) is 3.85. The van der Waals surface area contributed by atoms with Crippen molar-refractivity contribution in [2.24, 2.45) is 0 Å². The monoisotopic (exact) mass is 180 g/mol. The molecule has 0 atom stereocenters. The van der Waals surface area contributed by atoms with Crippen molar-refractivity contribution < 1.29 is 14.9 Å². The molecule has 1 aromatic rings. The third-order valence-corrected chi connectivity index (χ3v) is 1.75. The largest absolute Gasteiger partial charge is 0.508 e. The van der Waals surface area contributed by atoms with Crippen molar-refractivity contribution in [1.82, 2.24) is 0 Å². The molecule has 0 heterocycles. The average Bonchev–Trinajstić information content (AvgIpc) is 2.17. The van der Waals surface area contributed by atoms with Crippen molar-refractivity contribution in [1.29, 1.82) is 0 Å². The molecule has 0 fully saturated rings. The first kappa shape index (κ1) is 9.45. The van der Waals surface area contributed by atoms with Crippen molar-refractivity contribution in [3.63, 3.8) is 0 Å². The number of benzene rings is 1. The van der Waals surface area contributed by atoms with E-state index in [1.54, 1.807) is 25.1 Å². The smallest absolute Gasteiger partial charge is 0.161 e. The van der Waals surface area contributed by atoms with Crippen molar-refractivity contribution in [2.75, 3.05) is 7.11 Å². The number of hydrogen-bond donors (Lipinski definition) is 2. The summed E-state index contributed by atoms with van der Waals surface area (Å²) in [6.45, 7) is 1.73. The Hall–Kier alpha value is -1.64. The minimum atomic E-state index is 0.0650. The van der Waals surface area contributed by atoms with Gasteiger partial charge < -0.3 is 14.9 Å². The van der Waals surface area contributed by atoms with Gasteiger partial charge in [-0.1, -0.05) is 0 Å². The van der Waals surface area contributed by atoms with Crippen molar-refractivity contribution in [3.8, 4) is 11.5 Å². The van der Waals surface area contributed by atoms with E-state index in [-0.39, 0.29) is 11.5 Å². The predicted molar refractivity (Wildman–Crippen MR) is 50.9 cm³/mol. The standard InChI is InChI=1S/C10H12O3/c1-3-8(11)7-4-5-9(12)10(6-7)13-2/h3-6,11-12H,1-2H3/b8-3+. The van der Waals surface area contributed by atoms with Gasteiger partial charge in [0, 0.05) is 5.56 Å². The third-order valence-electron chi connectivity index (χ3n) is 1.75. The van der Waals surface area contributed by atoms with Gasteiger partial charge in [-0.2, -0.15) is 0 Å². The average molecular weight is 180 g/mol. The maximum atomic E-state index is 9.36. The molecule has 1 rings (SSSR count). The minimum absolute atomic E-state index is 0.0650. The van der Waals surface area contributed by atoms with Gasteiger partial charge in [-0.25, -0.2) is 0 Å². The lowest BCUT2D eigenvalue weighted by Gasteiger charge is -2.05. The number of aromatic hydroxyl groups is 1. The molecule has 0 saturated heterocycles. The molecule has 0 radical (unpaired) electrons. The number of aliphatic hydroxyl groups is 1. The highest BCUT2D eigenvalue weighted by Crippen LogP contribution is 2.28. The third kappa shape index (κ3) is 1.93. The number of aliphatic hydroxyl groups excluding tert-OH is 1. The second-order valence-electron chi connectivity index (χ2n) is 2.56. The summed E-state index contributed by atoms with van der Waals surface area (Å²) >= 11 is 0. The van der Waals surface area contributed by atoms with Crippen LogP contribution >= 0.6 is 0 Å². The molecule has 3 nitrogen and oxygen atoms in total. The first-order valence-corrected chi connectivity index (χ1v) is 3.91. The fourth-order valence-electron chi connectivity index (χ4n) is 1.00. The van der Waals surface area contributed by atoms with E-state index >= 15 is 0 Å². The second-order valence-corrected chi connectivity index (χ2v) is 2.56. The highest BCUT2D eigenvalue weighted by atomic mass is 16.5. The van der Waals surface area contributed by atoms with Crippen LogP contribution in [0, 0.1) is 0 Å². The zero-order valence-electron chi connectivity index (χ0n) is 7.61. The Kier molecular flexibility index (Phi) is 2.80. The molecule has 1 aromatic carbocycles. The van der Waals surface area contributed by atoms with Crippen LogP contribution in [0.2, 0.25) is 0 Å². The van der Waals surface area contributed by atoms with Gasteiger partial charge in [-0.3, -0.25) is 0 Å². The van der Waals surface area contributed by atoms with E-state index in [4.69, 9.17) is 4.74 Å². The van der Waals surface area contributed by atoms with E-state index < -0.39 is 0 Å². The van der Waals surface area contributed by atoms with Crippen LogP contribution in [-0.4, -0.2) is 17.3 Å². The highest BCUT2D eigenvalue weighted by Gasteiger charge is 2.04. The van der Waals surface area contributed by atoms with Gasteiger partial charge in [-0.05, 0) is 31.2 Å². The summed E-state index contributed by atoms with van der Waals surface area (Å²) in [5.74, 6) is 0.583. The van der Waals surface area contributed by atoms with Gasteiger partial charge in [-0.15, -0.1) is 0 Å². The van der Waals surface area contributed by atoms with Crippen LogP contribution in [0.5, 0.6) is 11.5 Å². The molecule has 3 heteroatoms. The molecule has 0 saturated carbocycles. The summed E-state index contributed by atoms with van der Waals surface area (Å²) in [4.78, 5) is 0. The van der Waals surface area contributed by atoms with Crippen LogP contribution in [-0.2, 0) is 0 Å². The maximum absolute atomic E-state index is 9.36. The fraction of sp³-hybridized carbons (Fsp3) is 0.200. The Labute approximate surface area is 76.9 Å². The summed E-state index contributed by atoms with van der Waals surface area (Å²) < 4.78 is 4.89. The van der Waals surface area contributed by atoms with E-state index in [9.17, 15) is 10.2 Å². The normalized spacial score (nSPS) is 11.4. The Balaban J connectivity index is 3.13. The van der Waals surface area contributed by atoms with E-state index in [1.807, 2.05) is 0 Å². The Morgan fingerprint density at radius 1 is 1.46 bits per heavy atom. The summed E-state index contributed by atoms with van der Waals surface area (Å²) in [5, 5.41) is 18.6. The lowest BCUT2D eigenvalue weighted by molar-refractivity contribution is 0.373. The van der Waals surface area contributed by atoms with Crippen molar-refractivity contribution in [2.45, 2.75) is 6.92 Å². The summed E-state index contributed by atoms with van der Waals surface area (Å²) in [7, 11) is 1.46. The van der Waals surface area contributed by atoms with Crippen LogP contribution in [0.4, 0.5) is 0 Å². The molecule has 0 aliphatic rings. The summed E-state index contributed by atoms with van der Waals surface area (Å²) in [6, 6.07) is 4.67. The number of allylic oxidation sites excluding steroid dienone is 1. The van der Waals surface area contributed by atoms with Crippen LogP contribution in [0.3, 0.4) is 0 Å². The minimum Gasteiger partial charge on any atom is -0.508 e. The van der Waals surface area contributed by atoms with E-state index in [1.165, 1.54) is 13.2 Å². The Bertz CT molecular complexity index is 329. The molecule has 70 valence electrons. The number of ether oxygens (including phenoxy) is 1. The van der Waals surface area contributed by atoms with E-state index in [0.717, 1.165) is 0 Å². The molecule has 0 amide bonds. The fourth-order valence-corrected chi connectivity index (χ4v) is 1.00. The zero-order valence-corrected chi connectivity index (χ0v) is 7.61. The molecule has 2 N–H and O–H groups in total. The van der Waals surface area contributed by atoms with Crippen molar-refractivity contribution in [3.05, 3.63) is 29.8 Å². The van der Waals surface area contributed by atoms with Crippen molar-refractivity contribution >= 4 is 5.76 Å². The molecule has 0 aliphatic heterocycles. The number of phenols is 1. The molecule has 0 aliphatic carbocycles. The Morgan fingerprint density at radius 3 is 2.69 bits per heavy atom. The van der Waals surface area contributed by atoms with Crippen LogP contribution in [0.15, 0.2) is 24.3 Å². The summed E-state index contributed by atoms with van der Waals surface area (Å²) in [5.41, 5.74) is 0.622. The highest BCUT2D eigenvalue weighted by molar-refractivity contribution is 5.61. The summed E-state index contributed by atoms with van der Waals surface area (Å²) in [6.07, 6.45) is 1.58. The van der Waals surface area contributed by atoms with Gasteiger partial charge in [0.2, 0.25) is 0 Å². The molecular formula is C10H12O3. The quantitative estimate of drug-likeness (QED) is 0.686. The number of phenolic OH excluding ortho intramolecular Hbond substituents is 1. The van der Waals surface area contributed by atoms with Gasteiger partial charge >= 0.3 is 0 Å². The van der Waals surface area contributed by atoms with Crippen LogP contribution < -0.4 is 4.74 Å². The van der Waals surface area contributed by atoms with Gasteiger partial charge in [0.05, 0.1) is 7.11 Å². The number of methoxy groups -OCH3 is 1. The SMILES string of the molecule is C/C=C(/O)c1ccc(O)c(OC)c1. The van der Waals surface area contributed by atoms with E-state index in [0.29, 0.717) is 11.3 Å². The number of rotatable bonds is 2. The van der Waals surface area contributed by atoms with E-state index in [2.05, 4.69) is 0 Å². The topological polar surface area (TPSA) is 49.7 Å². The lowest BCUT2D eigenvalue weighted by atomic mass is 10.1. The zero-order chi connectivity index (χ0) is 9.84. The molecule has 13 heavy (non-hydrogen) atoms. The number of hydrogen-bond acceptors (Lipinski definition) is 3. The lowest BCUT2D eigenvalue weighted by Crippen LogP contribution is -1.87. The first-order chi connectivity index (χ1) is 6.19. The molecule has 0 unspecified atom stereocenters. The first-order valence-electron chi connectivity index (χ1n) is 3.91. The van der Waals surface area contributed by atoms with Crippen LogP contribution in [0.1, 0.15) is 12.5 Å². The molecule has 0 aromatic heterocycles.